The summed E-state index contributed by atoms with van der Waals surface area (Å²) in [7, 11) is 0. The van der Waals surface area contributed by atoms with Crippen molar-refractivity contribution >= 4 is 5.97 Å². The van der Waals surface area contributed by atoms with E-state index < -0.39 is 6.10 Å². The minimum atomic E-state index is -0.966. The molecule has 0 bridgehead atoms. The van der Waals surface area contributed by atoms with Crippen LogP contribution in [-0.2, 0) is 9.53 Å². The number of hydrogen-bond acceptors (Lipinski definition) is 4. The topological polar surface area (TPSA) is 66.8 Å². The summed E-state index contributed by atoms with van der Waals surface area (Å²) in [4.78, 5) is 11.2. The zero-order valence-corrected chi connectivity index (χ0v) is 10.3. The minimum absolute atomic E-state index is 0.123. The van der Waals surface area contributed by atoms with Gasteiger partial charge in [-0.25, -0.2) is 0 Å². The molecule has 0 saturated heterocycles. The van der Waals surface area contributed by atoms with Crippen LogP contribution in [0.4, 0.5) is 0 Å². The summed E-state index contributed by atoms with van der Waals surface area (Å²) in [5, 5.41) is 17.5. The average molecular weight is 243 g/mol. The fourth-order valence-electron chi connectivity index (χ4n) is 1.38. The molecule has 0 heterocycles. The predicted octanol–water partition coefficient (Wildman–Crippen LogP) is 1.60. The van der Waals surface area contributed by atoms with Gasteiger partial charge in [0.1, 0.15) is 12.7 Å². The van der Waals surface area contributed by atoms with Crippen molar-refractivity contribution in [3.05, 3.63) is 12.7 Å². The molecule has 0 aliphatic rings. The van der Waals surface area contributed by atoms with Crippen LogP contribution in [0.2, 0.25) is 0 Å². The molecule has 17 heavy (non-hydrogen) atoms. The molecule has 0 radical (unpaired) electrons. The maximum absolute atomic E-state index is 11.2. The van der Waals surface area contributed by atoms with Gasteiger partial charge in [0.2, 0.25) is 0 Å². The van der Waals surface area contributed by atoms with Crippen LogP contribution in [0.1, 0.15) is 44.9 Å². The number of carbonyl (C=O) groups is 1. The fraction of sp³-hybridized carbons (Fsp3) is 0.769. The lowest BCUT2D eigenvalue weighted by molar-refractivity contribution is -0.147. The molecule has 1 atom stereocenters. The van der Waals surface area contributed by atoms with Crippen molar-refractivity contribution in [1.82, 2.24) is 0 Å². The van der Waals surface area contributed by atoms with E-state index in [2.05, 4.69) is 0 Å². The Morgan fingerprint density at radius 2 is 1.88 bits per heavy atom. The monoisotopic (exact) mass is 243 g/mol. The molecular formula is C13H23O4-. The summed E-state index contributed by atoms with van der Waals surface area (Å²) < 4.78 is 4.77. The largest absolute Gasteiger partial charge is 0.518 e. The molecule has 4 heteroatoms. The lowest BCUT2D eigenvalue weighted by atomic mass is 10.1. The summed E-state index contributed by atoms with van der Waals surface area (Å²) in [6.07, 6.45) is 7.16. The van der Waals surface area contributed by atoms with Gasteiger partial charge >= 0.3 is 5.97 Å². The Morgan fingerprint density at radius 1 is 1.24 bits per heavy atom. The minimum Gasteiger partial charge on any atom is -0.518 e. The second-order valence-electron chi connectivity index (χ2n) is 4.06. The molecule has 0 spiro atoms. The van der Waals surface area contributed by atoms with E-state index in [1.807, 2.05) is 0 Å². The van der Waals surface area contributed by atoms with Crippen LogP contribution >= 0.6 is 0 Å². The standard InChI is InChI=1S/C13H23O4/c1-2-3-4-5-6-7-8-9-13(16)17-11-12(15)10-14/h1-2,12,14-15H,3-11H2/q-1/t12-/m1/s1. The van der Waals surface area contributed by atoms with E-state index in [1.54, 1.807) is 6.08 Å². The number of allylic oxidation sites excluding steroid dienone is 1. The van der Waals surface area contributed by atoms with Gasteiger partial charge in [-0.1, -0.05) is 32.1 Å². The number of esters is 1. The number of ether oxygens (including phenoxy) is 1. The SMILES string of the molecule is [CH-]=CCCCCCCCC(=O)OC[C@H](O)CO. The van der Waals surface area contributed by atoms with Crippen LogP contribution in [-0.4, -0.2) is 35.5 Å². The Balaban J connectivity index is 3.24. The van der Waals surface area contributed by atoms with Crippen molar-refractivity contribution in [2.75, 3.05) is 13.2 Å². The molecule has 100 valence electrons. The molecule has 2 N–H and O–H groups in total. The molecule has 0 saturated carbocycles. The Bertz CT molecular complexity index is 204. The van der Waals surface area contributed by atoms with Crippen LogP contribution in [0.15, 0.2) is 6.08 Å². The molecular weight excluding hydrogens is 220 g/mol. The number of aliphatic hydroxyl groups excluding tert-OH is 2. The van der Waals surface area contributed by atoms with Crippen LogP contribution in [0.25, 0.3) is 0 Å². The lowest BCUT2D eigenvalue weighted by Crippen LogP contribution is -2.21. The third-order valence-corrected chi connectivity index (χ3v) is 2.40. The quantitative estimate of drug-likeness (QED) is 0.328. The average Bonchev–Trinajstić information content (AvgIpc) is 2.34. The Labute approximate surface area is 103 Å². The van der Waals surface area contributed by atoms with Crippen LogP contribution in [0.5, 0.6) is 0 Å². The first kappa shape index (κ1) is 16.1. The van der Waals surface area contributed by atoms with E-state index in [0.29, 0.717) is 6.42 Å². The van der Waals surface area contributed by atoms with E-state index in [0.717, 1.165) is 38.5 Å². The highest BCUT2D eigenvalue weighted by Gasteiger charge is 2.07. The molecule has 0 fully saturated rings. The third kappa shape index (κ3) is 11.4. The van der Waals surface area contributed by atoms with Gasteiger partial charge in [0.15, 0.2) is 0 Å². The second-order valence-corrected chi connectivity index (χ2v) is 4.06. The molecule has 0 aliphatic carbocycles. The van der Waals surface area contributed by atoms with Gasteiger partial charge in [-0.3, -0.25) is 10.9 Å². The van der Waals surface area contributed by atoms with Crippen molar-refractivity contribution in [2.24, 2.45) is 0 Å². The van der Waals surface area contributed by atoms with Gasteiger partial charge < -0.3 is 21.5 Å². The zero-order valence-electron chi connectivity index (χ0n) is 10.3. The fourth-order valence-corrected chi connectivity index (χ4v) is 1.38. The molecule has 0 aromatic carbocycles. The van der Waals surface area contributed by atoms with E-state index in [4.69, 9.17) is 21.5 Å². The first-order valence-corrected chi connectivity index (χ1v) is 6.18. The van der Waals surface area contributed by atoms with Crippen molar-refractivity contribution in [3.63, 3.8) is 0 Å². The molecule has 0 rings (SSSR count). The Kier molecular flexibility index (Phi) is 11.0. The van der Waals surface area contributed by atoms with Gasteiger partial charge in [-0.15, -0.1) is 0 Å². The number of hydrogen-bond donors (Lipinski definition) is 2. The van der Waals surface area contributed by atoms with Crippen LogP contribution in [0.3, 0.4) is 0 Å². The highest BCUT2D eigenvalue weighted by Crippen LogP contribution is 2.07. The molecule has 0 aliphatic heterocycles. The Morgan fingerprint density at radius 3 is 2.53 bits per heavy atom. The number of carbonyl (C=O) groups excluding carboxylic acids is 1. The van der Waals surface area contributed by atoms with Crippen molar-refractivity contribution < 1.29 is 19.7 Å². The van der Waals surface area contributed by atoms with Crippen LogP contribution in [0, 0.1) is 6.58 Å². The van der Waals surface area contributed by atoms with E-state index in [1.165, 1.54) is 0 Å². The first-order chi connectivity index (χ1) is 8.20. The molecule has 4 nitrogen and oxygen atoms in total. The second kappa shape index (κ2) is 11.6. The lowest BCUT2D eigenvalue weighted by Gasteiger charge is -2.08. The maximum Gasteiger partial charge on any atom is 0.305 e. The van der Waals surface area contributed by atoms with Gasteiger partial charge in [-0.2, -0.15) is 0 Å². The van der Waals surface area contributed by atoms with Gasteiger partial charge in [0.25, 0.3) is 0 Å². The normalized spacial score (nSPS) is 12.1. The molecule has 0 aromatic rings. The molecule has 0 aromatic heterocycles. The summed E-state index contributed by atoms with van der Waals surface area (Å²) in [5.74, 6) is -0.312. The van der Waals surface area contributed by atoms with E-state index >= 15 is 0 Å². The van der Waals surface area contributed by atoms with Gasteiger partial charge in [0, 0.05) is 6.42 Å². The summed E-state index contributed by atoms with van der Waals surface area (Å²) in [5.41, 5.74) is 0. The number of unbranched alkanes of at least 4 members (excludes halogenated alkanes) is 5. The van der Waals surface area contributed by atoms with E-state index in [9.17, 15) is 4.79 Å². The van der Waals surface area contributed by atoms with Crippen molar-refractivity contribution in [3.8, 4) is 0 Å². The number of rotatable bonds is 11. The van der Waals surface area contributed by atoms with Crippen LogP contribution < -0.4 is 0 Å². The summed E-state index contributed by atoms with van der Waals surface area (Å²) in [6, 6.07) is 0. The summed E-state index contributed by atoms with van der Waals surface area (Å²) >= 11 is 0. The van der Waals surface area contributed by atoms with Gasteiger partial charge in [0.05, 0.1) is 6.61 Å². The smallest absolute Gasteiger partial charge is 0.305 e. The third-order valence-electron chi connectivity index (χ3n) is 2.40. The van der Waals surface area contributed by atoms with E-state index in [-0.39, 0.29) is 19.2 Å². The molecule has 0 unspecified atom stereocenters. The first-order valence-electron chi connectivity index (χ1n) is 6.18. The molecule has 0 amide bonds. The van der Waals surface area contributed by atoms with Gasteiger partial charge in [-0.05, 0) is 6.42 Å². The Hall–Kier alpha value is -0.870. The van der Waals surface area contributed by atoms with Crippen molar-refractivity contribution in [1.29, 1.82) is 0 Å². The highest BCUT2D eigenvalue weighted by molar-refractivity contribution is 5.69. The highest BCUT2D eigenvalue weighted by atomic mass is 16.5. The zero-order chi connectivity index (χ0) is 12.9. The van der Waals surface area contributed by atoms with Crippen molar-refractivity contribution in [2.45, 2.75) is 51.0 Å². The number of aliphatic hydroxyl groups is 2. The maximum atomic E-state index is 11.2. The summed E-state index contributed by atoms with van der Waals surface area (Å²) in [6.45, 7) is 4.75. The predicted molar refractivity (Wildman–Crippen MR) is 65.2 cm³/mol.